The molecule has 0 radical (unpaired) electrons. The zero-order valence-corrected chi connectivity index (χ0v) is 16.8. The number of halogens is 1. The van der Waals surface area contributed by atoms with Crippen LogP contribution >= 0.6 is 11.6 Å². The molecule has 0 atom stereocenters. The summed E-state index contributed by atoms with van der Waals surface area (Å²) < 4.78 is 0. The van der Waals surface area contributed by atoms with Crippen LogP contribution in [-0.4, -0.2) is 31.4 Å². The monoisotopic (exact) mass is 387 g/mol. The lowest BCUT2D eigenvalue weighted by Crippen LogP contribution is -2.33. The van der Waals surface area contributed by atoms with Gasteiger partial charge in [-0.2, -0.15) is 0 Å². The van der Waals surface area contributed by atoms with Gasteiger partial charge in [0.05, 0.1) is 13.0 Å². The molecule has 2 rings (SSSR count). The highest BCUT2D eigenvalue weighted by Crippen LogP contribution is 2.22. The maximum Gasteiger partial charge on any atom is 0.243 e. The van der Waals surface area contributed by atoms with Crippen LogP contribution in [0.5, 0.6) is 0 Å². The average molecular weight is 388 g/mol. The predicted octanol–water partition coefficient (Wildman–Crippen LogP) is 3.79. The first-order valence-corrected chi connectivity index (χ1v) is 9.47. The summed E-state index contributed by atoms with van der Waals surface area (Å²) in [5.41, 5.74) is 3.72. The van der Waals surface area contributed by atoms with Crippen molar-refractivity contribution >= 4 is 34.8 Å². The third-order valence-corrected chi connectivity index (χ3v) is 4.59. The van der Waals surface area contributed by atoms with E-state index in [9.17, 15) is 9.59 Å². The number of carbonyl (C=O) groups is 2. The quantitative estimate of drug-likeness (QED) is 0.724. The average Bonchev–Trinajstić information content (AvgIpc) is 2.65. The fraction of sp³-hybridized carbons (Fsp3) is 0.333. The number of hydrogen-bond donors (Lipinski definition) is 2. The third-order valence-electron chi connectivity index (χ3n) is 4.34. The van der Waals surface area contributed by atoms with E-state index in [4.69, 9.17) is 11.6 Å². The van der Waals surface area contributed by atoms with E-state index in [0.717, 1.165) is 35.6 Å². The van der Waals surface area contributed by atoms with Crippen molar-refractivity contribution in [3.63, 3.8) is 0 Å². The molecule has 2 aromatic rings. The fourth-order valence-corrected chi connectivity index (χ4v) is 2.92. The Morgan fingerprint density at radius 1 is 1.00 bits per heavy atom. The Bertz CT molecular complexity index is 787. The number of amides is 2. The number of rotatable bonds is 8. The number of nitrogens with one attached hydrogen (secondary N) is 2. The van der Waals surface area contributed by atoms with Crippen LogP contribution in [0.4, 0.5) is 11.4 Å². The summed E-state index contributed by atoms with van der Waals surface area (Å²) in [6.07, 6.45) is 0.210. The van der Waals surface area contributed by atoms with Gasteiger partial charge in [0.1, 0.15) is 0 Å². The van der Waals surface area contributed by atoms with Gasteiger partial charge in [-0.15, -0.1) is 0 Å². The van der Waals surface area contributed by atoms with Crippen LogP contribution in [0.1, 0.15) is 25.0 Å². The van der Waals surface area contributed by atoms with Crippen molar-refractivity contribution in [3.8, 4) is 0 Å². The molecule has 0 unspecified atom stereocenters. The van der Waals surface area contributed by atoms with Crippen LogP contribution < -0.4 is 15.5 Å². The molecule has 0 saturated carbocycles. The van der Waals surface area contributed by atoms with Gasteiger partial charge < -0.3 is 15.5 Å². The minimum atomic E-state index is -0.252. The molecule has 144 valence electrons. The molecule has 0 aromatic heterocycles. The van der Waals surface area contributed by atoms with Crippen molar-refractivity contribution in [2.75, 3.05) is 29.9 Å². The molecule has 0 fully saturated rings. The van der Waals surface area contributed by atoms with E-state index in [2.05, 4.69) is 35.4 Å². The van der Waals surface area contributed by atoms with Crippen molar-refractivity contribution in [1.82, 2.24) is 5.32 Å². The zero-order valence-electron chi connectivity index (χ0n) is 16.0. The fourth-order valence-electron chi connectivity index (χ4n) is 2.80. The van der Waals surface area contributed by atoms with E-state index < -0.39 is 0 Å². The molecular weight excluding hydrogens is 362 g/mol. The molecule has 0 aliphatic carbocycles. The van der Waals surface area contributed by atoms with Crippen LogP contribution in [-0.2, 0) is 16.0 Å². The van der Waals surface area contributed by atoms with E-state index in [1.807, 2.05) is 19.1 Å². The van der Waals surface area contributed by atoms with Crippen LogP contribution in [0.2, 0.25) is 5.02 Å². The van der Waals surface area contributed by atoms with E-state index in [0.29, 0.717) is 5.02 Å². The molecule has 0 aliphatic heterocycles. The summed E-state index contributed by atoms with van der Waals surface area (Å²) in [5, 5.41) is 6.12. The molecule has 0 aliphatic rings. The first-order chi connectivity index (χ1) is 12.9. The molecule has 2 amide bonds. The van der Waals surface area contributed by atoms with Gasteiger partial charge in [0.15, 0.2) is 0 Å². The number of aryl methyl sites for hydroxylation is 1. The molecule has 6 heteroatoms. The molecule has 0 saturated heterocycles. The first kappa shape index (κ1) is 20.8. The Balaban J connectivity index is 1.86. The first-order valence-electron chi connectivity index (χ1n) is 9.09. The van der Waals surface area contributed by atoms with E-state index in [-0.39, 0.29) is 24.8 Å². The van der Waals surface area contributed by atoms with Crippen LogP contribution in [0.25, 0.3) is 0 Å². The topological polar surface area (TPSA) is 61.4 Å². The number of hydrogen-bond acceptors (Lipinski definition) is 3. The number of benzene rings is 2. The Hall–Kier alpha value is -2.53. The van der Waals surface area contributed by atoms with Gasteiger partial charge in [0, 0.05) is 29.5 Å². The SMILES string of the molecule is CCN(CC)c1ccc(NC(=O)CNC(=O)Cc2ccc(Cl)cc2)c(C)c1. The number of carbonyl (C=O) groups excluding carboxylic acids is 2. The zero-order chi connectivity index (χ0) is 19.8. The second-order valence-electron chi connectivity index (χ2n) is 6.30. The highest BCUT2D eigenvalue weighted by Gasteiger charge is 2.10. The van der Waals surface area contributed by atoms with Gasteiger partial charge in [0.2, 0.25) is 11.8 Å². The van der Waals surface area contributed by atoms with Gasteiger partial charge in [-0.3, -0.25) is 9.59 Å². The Labute approximate surface area is 165 Å². The van der Waals surface area contributed by atoms with Gasteiger partial charge in [-0.05, 0) is 62.2 Å². The maximum atomic E-state index is 12.1. The van der Waals surface area contributed by atoms with Gasteiger partial charge >= 0.3 is 0 Å². The minimum Gasteiger partial charge on any atom is -0.372 e. The largest absolute Gasteiger partial charge is 0.372 e. The van der Waals surface area contributed by atoms with Crippen molar-refractivity contribution < 1.29 is 9.59 Å². The Kier molecular flexibility index (Phi) is 7.67. The highest BCUT2D eigenvalue weighted by atomic mass is 35.5. The summed E-state index contributed by atoms with van der Waals surface area (Å²) in [6, 6.07) is 13.0. The van der Waals surface area contributed by atoms with Crippen molar-refractivity contribution in [2.45, 2.75) is 27.2 Å². The van der Waals surface area contributed by atoms with Gasteiger partial charge in [-0.1, -0.05) is 23.7 Å². The maximum absolute atomic E-state index is 12.1. The third kappa shape index (κ3) is 6.29. The normalized spacial score (nSPS) is 10.4. The Morgan fingerprint density at radius 2 is 1.67 bits per heavy atom. The summed E-state index contributed by atoms with van der Waals surface area (Å²) in [5.74, 6) is -0.459. The summed E-state index contributed by atoms with van der Waals surface area (Å²) in [7, 11) is 0. The highest BCUT2D eigenvalue weighted by molar-refractivity contribution is 6.30. The molecule has 2 N–H and O–H groups in total. The summed E-state index contributed by atoms with van der Waals surface area (Å²) in [6.45, 7) is 7.98. The van der Waals surface area contributed by atoms with Crippen LogP contribution in [0.3, 0.4) is 0 Å². The summed E-state index contributed by atoms with van der Waals surface area (Å²) >= 11 is 5.83. The smallest absolute Gasteiger partial charge is 0.243 e. The van der Waals surface area contributed by atoms with Crippen molar-refractivity contribution in [3.05, 3.63) is 58.6 Å². The molecule has 0 spiro atoms. The molecule has 2 aromatic carbocycles. The van der Waals surface area contributed by atoms with Gasteiger partial charge in [0.25, 0.3) is 0 Å². The summed E-state index contributed by atoms with van der Waals surface area (Å²) in [4.78, 5) is 26.4. The van der Waals surface area contributed by atoms with Gasteiger partial charge in [-0.25, -0.2) is 0 Å². The van der Waals surface area contributed by atoms with Crippen molar-refractivity contribution in [1.29, 1.82) is 0 Å². The second kappa shape index (κ2) is 9.97. The molecule has 0 bridgehead atoms. The predicted molar refractivity (Wildman–Crippen MR) is 112 cm³/mol. The molecule has 27 heavy (non-hydrogen) atoms. The minimum absolute atomic E-state index is 0.0658. The lowest BCUT2D eigenvalue weighted by Gasteiger charge is -2.22. The molecular formula is C21H26ClN3O2. The molecule has 0 heterocycles. The van der Waals surface area contributed by atoms with Crippen LogP contribution in [0, 0.1) is 6.92 Å². The van der Waals surface area contributed by atoms with Crippen molar-refractivity contribution in [2.24, 2.45) is 0 Å². The van der Waals surface area contributed by atoms with E-state index in [1.165, 1.54) is 0 Å². The second-order valence-corrected chi connectivity index (χ2v) is 6.74. The standard InChI is InChI=1S/C21H26ClN3O2/c1-4-25(5-2)18-10-11-19(15(3)12-18)24-21(27)14-23-20(26)13-16-6-8-17(22)9-7-16/h6-12H,4-5,13-14H2,1-3H3,(H,23,26)(H,24,27). The molecule has 5 nitrogen and oxygen atoms in total. The van der Waals surface area contributed by atoms with Crippen LogP contribution in [0.15, 0.2) is 42.5 Å². The Morgan fingerprint density at radius 3 is 2.26 bits per heavy atom. The lowest BCUT2D eigenvalue weighted by atomic mass is 10.1. The van der Waals surface area contributed by atoms with E-state index in [1.54, 1.807) is 24.3 Å². The lowest BCUT2D eigenvalue weighted by molar-refractivity contribution is -0.123. The number of nitrogens with zero attached hydrogens (tertiary/aromatic N) is 1. The number of anilines is 2. The van der Waals surface area contributed by atoms with E-state index >= 15 is 0 Å².